The Morgan fingerprint density at radius 2 is 2.00 bits per heavy atom. The lowest BCUT2D eigenvalue weighted by atomic mass is 9.76. The van der Waals surface area contributed by atoms with E-state index in [0.717, 1.165) is 11.2 Å². The second-order valence-electron chi connectivity index (χ2n) is 6.12. The third-order valence-corrected chi connectivity index (χ3v) is 4.24. The average molecular weight is 298 g/mol. The number of fused-ring (bicyclic) bond motifs is 2. The highest BCUT2D eigenvalue weighted by atomic mass is 16.6. The number of rotatable bonds is 1. The first-order chi connectivity index (χ1) is 10.2. The highest BCUT2D eigenvalue weighted by molar-refractivity contribution is 6.08. The molecule has 0 aliphatic heterocycles. The van der Waals surface area contributed by atoms with Crippen molar-refractivity contribution in [3.8, 4) is 0 Å². The molecule has 6 heteroatoms. The van der Waals surface area contributed by atoms with E-state index in [0.29, 0.717) is 16.8 Å². The van der Waals surface area contributed by atoms with Crippen molar-refractivity contribution in [3.05, 3.63) is 45.3 Å². The van der Waals surface area contributed by atoms with Crippen LogP contribution in [0.4, 0.5) is 5.69 Å². The van der Waals surface area contributed by atoms with Gasteiger partial charge in [0.1, 0.15) is 18.3 Å². The monoisotopic (exact) mass is 298 g/mol. The van der Waals surface area contributed by atoms with Crippen LogP contribution in [0.5, 0.6) is 0 Å². The quantitative estimate of drug-likeness (QED) is 0.459. The van der Waals surface area contributed by atoms with Gasteiger partial charge in [0, 0.05) is 24.3 Å². The number of aromatic nitrogens is 2. The maximum absolute atomic E-state index is 12.4. The summed E-state index contributed by atoms with van der Waals surface area (Å²) in [6.45, 7) is 5.47. The Morgan fingerprint density at radius 1 is 1.32 bits per heavy atom. The summed E-state index contributed by atoms with van der Waals surface area (Å²) in [7, 11) is 1.88. The molecule has 1 heterocycles. The number of hydrogen-bond donors (Lipinski definition) is 0. The lowest BCUT2D eigenvalue weighted by molar-refractivity contribution is -0.647. The molecule has 0 bridgehead atoms. The molecule has 0 fully saturated rings. The van der Waals surface area contributed by atoms with Crippen molar-refractivity contribution in [1.82, 2.24) is 4.98 Å². The fraction of sp³-hybridized carbons (Fsp3) is 0.312. The predicted molar refractivity (Wildman–Crippen MR) is 81.3 cm³/mol. The van der Waals surface area contributed by atoms with Gasteiger partial charge in [0.05, 0.1) is 10.3 Å². The second kappa shape index (κ2) is 4.43. The smallest absolute Gasteiger partial charge is 0.272 e. The molecule has 1 aromatic heterocycles. The van der Waals surface area contributed by atoms with Gasteiger partial charge in [-0.15, -0.1) is 0 Å². The molecule has 0 atom stereocenters. The summed E-state index contributed by atoms with van der Waals surface area (Å²) in [6.07, 6.45) is 1.83. The van der Waals surface area contributed by atoms with E-state index in [2.05, 4.69) is 4.98 Å². The van der Waals surface area contributed by atoms with Crippen LogP contribution in [0.1, 0.15) is 32.2 Å². The molecule has 112 valence electrons. The lowest BCUT2D eigenvalue weighted by Crippen LogP contribution is -2.43. The Balaban J connectivity index is 2.41. The van der Waals surface area contributed by atoms with E-state index in [9.17, 15) is 14.9 Å². The fourth-order valence-corrected chi connectivity index (χ4v) is 2.96. The van der Waals surface area contributed by atoms with E-state index in [1.807, 2.05) is 31.5 Å². The molecular formula is C16H16N3O3+. The molecule has 0 saturated heterocycles. The van der Waals surface area contributed by atoms with Crippen LogP contribution in [0.2, 0.25) is 0 Å². The van der Waals surface area contributed by atoms with Gasteiger partial charge in [-0.2, -0.15) is 4.57 Å². The first-order valence-corrected chi connectivity index (χ1v) is 6.95. The number of Topliss-reactive ketones (excluding diaryl/α,β-unsaturated/α-hetero) is 1. The topological polar surface area (TPSA) is 77.0 Å². The third-order valence-electron chi connectivity index (χ3n) is 4.24. The number of nitro groups is 1. The zero-order valence-corrected chi connectivity index (χ0v) is 12.9. The largest absolute Gasteiger partial charge is 0.294 e. The van der Waals surface area contributed by atoms with Crippen LogP contribution < -0.4 is 4.57 Å². The number of benzene rings is 1. The first kappa shape index (κ1) is 14.3. The molecular weight excluding hydrogens is 282 g/mol. The summed E-state index contributed by atoms with van der Waals surface area (Å²) < 4.78 is 1.93. The molecule has 0 amide bonds. The summed E-state index contributed by atoms with van der Waals surface area (Å²) in [5.41, 5.74) is 2.76. The highest BCUT2D eigenvalue weighted by Gasteiger charge is 2.41. The Bertz CT molecular complexity index is 882. The van der Waals surface area contributed by atoms with Gasteiger partial charge in [-0.05, 0) is 26.3 Å². The van der Waals surface area contributed by atoms with Crippen LogP contribution in [0.25, 0.3) is 17.1 Å². The Hall–Kier alpha value is -2.63. The molecule has 0 spiro atoms. The first-order valence-electron chi connectivity index (χ1n) is 6.95. The summed E-state index contributed by atoms with van der Waals surface area (Å²) in [5, 5.41) is 10.9. The maximum atomic E-state index is 12.4. The van der Waals surface area contributed by atoms with E-state index in [1.165, 1.54) is 12.1 Å². The minimum absolute atomic E-state index is 0.00776. The standard InChI is InChI=1S/C16H16N3O3/c1-9-7-13-14(16(2,3)15(9)20)17-11-8-10(19(21)22)5-6-12(11)18(13)4/h5-8H,1-4H3/q+1. The molecule has 0 saturated carbocycles. The molecule has 1 aliphatic carbocycles. The Labute approximate surface area is 127 Å². The van der Waals surface area contributed by atoms with Crippen LogP contribution in [0.15, 0.2) is 23.8 Å². The fourth-order valence-electron chi connectivity index (χ4n) is 2.96. The summed E-state index contributed by atoms with van der Waals surface area (Å²) >= 11 is 0. The number of nitro benzene ring substituents is 1. The number of non-ortho nitro benzene ring substituents is 1. The van der Waals surface area contributed by atoms with Gasteiger partial charge >= 0.3 is 0 Å². The van der Waals surface area contributed by atoms with Crippen LogP contribution in [0, 0.1) is 10.1 Å². The molecule has 0 unspecified atom stereocenters. The normalized spacial score (nSPS) is 16.4. The summed E-state index contributed by atoms with van der Waals surface area (Å²) in [4.78, 5) is 27.5. The van der Waals surface area contributed by atoms with E-state index >= 15 is 0 Å². The van der Waals surface area contributed by atoms with Crippen molar-refractivity contribution in [2.75, 3.05) is 0 Å². The predicted octanol–water partition coefficient (Wildman–Crippen LogP) is 2.23. The number of carbonyl (C=O) groups excluding carboxylic acids is 1. The average Bonchev–Trinajstić information content (AvgIpc) is 2.46. The molecule has 2 aromatic rings. The molecule has 3 rings (SSSR count). The number of hydrogen-bond acceptors (Lipinski definition) is 4. The van der Waals surface area contributed by atoms with E-state index in [1.54, 1.807) is 13.0 Å². The Kier molecular flexibility index (Phi) is 2.88. The van der Waals surface area contributed by atoms with Crippen LogP contribution in [-0.4, -0.2) is 15.7 Å². The summed E-state index contributed by atoms with van der Waals surface area (Å²) in [6, 6.07) is 4.60. The molecule has 1 aromatic carbocycles. The molecule has 0 N–H and O–H groups in total. The molecule has 0 radical (unpaired) electrons. The van der Waals surface area contributed by atoms with Gasteiger partial charge in [0.2, 0.25) is 11.2 Å². The number of carbonyl (C=O) groups is 1. The highest BCUT2D eigenvalue weighted by Crippen LogP contribution is 2.34. The minimum Gasteiger partial charge on any atom is -0.294 e. The SMILES string of the molecule is CC1=Cc2c(nc3cc([N+](=O)[O-])ccc3[n+]2C)C(C)(C)C1=O. The number of allylic oxidation sites excluding steroid dienone is 1. The number of nitrogens with zero attached hydrogens (tertiary/aromatic N) is 3. The second-order valence-corrected chi connectivity index (χ2v) is 6.12. The van der Waals surface area contributed by atoms with Gasteiger partial charge < -0.3 is 0 Å². The molecule has 6 nitrogen and oxygen atoms in total. The van der Waals surface area contributed by atoms with Crippen LogP contribution in [0.3, 0.4) is 0 Å². The van der Waals surface area contributed by atoms with Crippen molar-refractivity contribution in [1.29, 1.82) is 0 Å². The van der Waals surface area contributed by atoms with Gasteiger partial charge in [0.25, 0.3) is 5.69 Å². The summed E-state index contributed by atoms with van der Waals surface area (Å²) in [5.74, 6) is 0.0253. The van der Waals surface area contributed by atoms with Crippen molar-refractivity contribution in [2.45, 2.75) is 26.2 Å². The van der Waals surface area contributed by atoms with E-state index in [-0.39, 0.29) is 11.5 Å². The minimum atomic E-state index is -0.745. The van der Waals surface area contributed by atoms with Crippen molar-refractivity contribution < 1.29 is 14.3 Å². The van der Waals surface area contributed by atoms with E-state index in [4.69, 9.17) is 0 Å². The van der Waals surface area contributed by atoms with Crippen LogP contribution >= 0.6 is 0 Å². The lowest BCUT2D eigenvalue weighted by Gasteiger charge is -2.26. The Morgan fingerprint density at radius 3 is 2.64 bits per heavy atom. The number of ketones is 1. The third kappa shape index (κ3) is 1.83. The zero-order chi connectivity index (χ0) is 16.2. The van der Waals surface area contributed by atoms with Crippen LogP contribution in [-0.2, 0) is 17.3 Å². The van der Waals surface area contributed by atoms with Crippen molar-refractivity contribution >= 4 is 28.6 Å². The van der Waals surface area contributed by atoms with Crippen molar-refractivity contribution in [2.24, 2.45) is 7.05 Å². The van der Waals surface area contributed by atoms with Gasteiger partial charge in [-0.3, -0.25) is 14.9 Å². The molecule has 22 heavy (non-hydrogen) atoms. The van der Waals surface area contributed by atoms with Gasteiger partial charge in [-0.25, -0.2) is 4.98 Å². The van der Waals surface area contributed by atoms with Gasteiger partial charge in [0.15, 0.2) is 5.78 Å². The van der Waals surface area contributed by atoms with Gasteiger partial charge in [-0.1, -0.05) is 0 Å². The maximum Gasteiger partial charge on any atom is 0.272 e. The van der Waals surface area contributed by atoms with Crippen molar-refractivity contribution in [3.63, 3.8) is 0 Å². The zero-order valence-electron chi connectivity index (χ0n) is 12.9. The molecule has 1 aliphatic rings. The number of aryl methyl sites for hydroxylation is 1. The van der Waals surface area contributed by atoms with E-state index < -0.39 is 10.3 Å².